The molecule has 1 aliphatic heterocycles. The second kappa shape index (κ2) is 9.27. The average Bonchev–Trinajstić information content (AvgIpc) is 3.22. The molecule has 7 heteroatoms. The van der Waals surface area contributed by atoms with Crippen molar-refractivity contribution in [2.24, 2.45) is 5.92 Å². The first-order valence-electron chi connectivity index (χ1n) is 10.6. The van der Waals surface area contributed by atoms with E-state index < -0.39 is 10.0 Å². The quantitative estimate of drug-likeness (QED) is 0.600. The largest absolute Gasteiger partial charge is 0.490 e. The highest BCUT2D eigenvalue weighted by atomic mass is 35.5. The molecule has 0 radical (unpaired) electrons. The van der Waals surface area contributed by atoms with E-state index in [4.69, 9.17) is 16.3 Å². The van der Waals surface area contributed by atoms with Gasteiger partial charge in [-0.3, -0.25) is 4.90 Å². The third-order valence-corrected chi connectivity index (χ3v) is 8.27. The third-order valence-electron chi connectivity index (χ3n) is 6.08. The minimum absolute atomic E-state index is 0.114. The summed E-state index contributed by atoms with van der Waals surface area (Å²) >= 11 is 6.48. The summed E-state index contributed by atoms with van der Waals surface area (Å²) < 4.78 is 32.8. The number of nitrogens with zero attached hydrogens (tertiary/aromatic N) is 2. The third kappa shape index (κ3) is 4.99. The van der Waals surface area contributed by atoms with E-state index in [1.807, 2.05) is 18.2 Å². The van der Waals surface area contributed by atoms with Gasteiger partial charge in [0.25, 0.3) is 0 Å². The Morgan fingerprint density at radius 1 is 1.10 bits per heavy atom. The molecule has 1 saturated heterocycles. The Balaban J connectivity index is 1.26. The fraction of sp³-hybridized carbons (Fsp3) is 0.478. The molecule has 2 aliphatic rings. The smallest absolute Gasteiger partial charge is 0.242 e. The zero-order valence-electron chi connectivity index (χ0n) is 17.3. The van der Waals surface area contributed by atoms with Gasteiger partial charge in [-0.2, -0.15) is 0 Å². The van der Waals surface area contributed by atoms with Crippen molar-refractivity contribution < 1.29 is 13.2 Å². The zero-order chi connectivity index (χ0) is 21.1. The van der Waals surface area contributed by atoms with Crippen LogP contribution in [0.5, 0.6) is 5.75 Å². The Morgan fingerprint density at radius 2 is 1.80 bits per heavy atom. The summed E-state index contributed by atoms with van der Waals surface area (Å²) in [4.78, 5) is 2.77. The van der Waals surface area contributed by atoms with Gasteiger partial charge in [0.05, 0.1) is 11.0 Å². The van der Waals surface area contributed by atoms with E-state index in [1.165, 1.54) is 17.1 Å². The van der Waals surface area contributed by atoms with Crippen molar-refractivity contribution in [3.63, 3.8) is 0 Å². The van der Waals surface area contributed by atoms with Gasteiger partial charge < -0.3 is 4.74 Å². The molecular weight excluding hydrogens is 420 g/mol. The van der Waals surface area contributed by atoms with E-state index in [9.17, 15) is 8.42 Å². The molecular formula is C23H29ClN2O3S. The highest BCUT2D eigenvalue weighted by molar-refractivity contribution is 7.89. The Hall–Kier alpha value is -1.60. The highest BCUT2D eigenvalue weighted by Gasteiger charge is 2.34. The van der Waals surface area contributed by atoms with Gasteiger partial charge in [-0.15, -0.1) is 0 Å². The number of halogens is 1. The minimum Gasteiger partial charge on any atom is -0.490 e. The number of likely N-dealkylation sites (tertiary alicyclic amines) is 1. The molecule has 0 amide bonds. The van der Waals surface area contributed by atoms with Crippen molar-refractivity contribution in [2.75, 3.05) is 26.7 Å². The SMILES string of the molecule is CN(CC1CC(Oc2ccc(CN3CCCC3)c(Cl)c2)C1)S(=O)(=O)c1ccccc1. The molecule has 4 rings (SSSR count). The summed E-state index contributed by atoms with van der Waals surface area (Å²) in [5, 5.41) is 0.754. The lowest BCUT2D eigenvalue weighted by atomic mass is 9.82. The second-order valence-corrected chi connectivity index (χ2v) is 10.9. The van der Waals surface area contributed by atoms with Gasteiger partial charge >= 0.3 is 0 Å². The van der Waals surface area contributed by atoms with Gasteiger partial charge in [0.2, 0.25) is 10.0 Å². The van der Waals surface area contributed by atoms with Crippen molar-refractivity contribution in [1.29, 1.82) is 0 Å². The van der Waals surface area contributed by atoms with Gasteiger partial charge in [0, 0.05) is 25.2 Å². The molecule has 0 N–H and O–H groups in total. The predicted octanol–water partition coefficient (Wildman–Crippen LogP) is 4.41. The second-order valence-electron chi connectivity index (χ2n) is 8.41. The number of benzene rings is 2. The van der Waals surface area contributed by atoms with Crippen molar-refractivity contribution >= 4 is 21.6 Å². The molecule has 2 aromatic rings. The first-order chi connectivity index (χ1) is 14.4. The Labute approximate surface area is 184 Å². The lowest BCUT2D eigenvalue weighted by Crippen LogP contribution is -2.41. The highest BCUT2D eigenvalue weighted by Crippen LogP contribution is 2.34. The van der Waals surface area contributed by atoms with E-state index in [0.29, 0.717) is 17.4 Å². The van der Waals surface area contributed by atoms with Crippen molar-refractivity contribution in [3.05, 3.63) is 59.1 Å². The molecule has 0 unspecified atom stereocenters. The van der Waals surface area contributed by atoms with Crippen LogP contribution in [-0.4, -0.2) is 50.4 Å². The number of sulfonamides is 1. The summed E-state index contributed by atoms with van der Waals surface area (Å²) in [6.07, 6.45) is 4.35. The Kier molecular flexibility index (Phi) is 6.68. The van der Waals surface area contributed by atoms with Gasteiger partial charge in [0.1, 0.15) is 5.75 Å². The normalized spacial score (nSPS) is 22.2. The van der Waals surface area contributed by atoms with E-state index in [0.717, 1.165) is 48.8 Å². The predicted molar refractivity (Wildman–Crippen MR) is 119 cm³/mol. The molecule has 1 saturated carbocycles. The van der Waals surface area contributed by atoms with Crippen LogP contribution in [0.4, 0.5) is 0 Å². The van der Waals surface area contributed by atoms with E-state index in [-0.39, 0.29) is 6.10 Å². The van der Waals surface area contributed by atoms with Crippen LogP contribution >= 0.6 is 11.6 Å². The van der Waals surface area contributed by atoms with Crippen LogP contribution in [0.15, 0.2) is 53.4 Å². The van der Waals surface area contributed by atoms with Crippen LogP contribution in [0.3, 0.4) is 0 Å². The summed E-state index contributed by atoms with van der Waals surface area (Å²) in [5.74, 6) is 1.10. The Bertz CT molecular complexity index is 956. The van der Waals surface area contributed by atoms with E-state index >= 15 is 0 Å². The molecule has 0 aromatic heterocycles. The molecule has 30 heavy (non-hydrogen) atoms. The van der Waals surface area contributed by atoms with Crippen LogP contribution in [0.1, 0.15) is 31.2 Å². The van der Waals surface area contributed by atoms with Crippen LogP contribution in [-0.2, 0) is 16.6 Å². The molecule has 1 aliphatic carbocycles. The summed E-state index contributed by atoms with van der Waals surface area (Å²) in [6.45, 7) is 3.69. The number of hydrogen-bond acceptors (Lipinski definition) is 4. The number of hydrogen-bond donors (Lipinski definition) is 0. The molecule has 5 nitrogen and oxygen atoms in total. The molecule has 0 atom stereocenters. The topological polar surface area (TPSA) is 49.9 Å². The van der Waals surface area contributed by atoms with Crippen LogP contribution in [0.2, 0.25) is 5.02 Å². The fourth-order valence-electron chi connectivity index (χ4n) is 4.26. The van der Waals surface area contributed by atoms with Gasteiger partial charge in [-0.1, -0.05) is 35.9 Å². The molecule has 1 heterocycles. The molecule has 2 fully saturated rings. The van der Waals surface area contributed by atoms with Gasteiger partial charge in [0.15, 0.2) is 0 Å². The molecule has 0 bridgehead atoms. The summed E-state index contributed by atoms with van der Waals surface area (Å²) in [7, 11) is -1.79. The average molecular weight is 449 g/mol. The summed E-state index contributed by atoms with van der Waals surface area (Å²) in [6, 6.07) is 14.5. The zero-order valence-corrected chi connectivity index (χ0v) is 18.9. The first kappa shape index (κ1) is 21.6. The van der Waals surface area contributed by atoms with Crippen LogP contribution < -0.4 is 4.74 Å². The maximum absolute atomic E-state index is 12.6. The standard InChI is InChI=1S/C23H29ClN2O3S/c1-25(30(27,28)22-7-3-2-4-8-22)16-18-13-21(14-18)29-20-10-9-19(23(24)15-20)17-26-11-5-6-12-26/h2-4,7-10,15,18,21H,5-6,11-14,16-17H2,1H3. The van der Waals surface area contributed by atoms with Gasteiger partial charge in [-0.25, -0.2) is 12.7 Å². The lowest BCUT2D eigenvalue weighted by Gasteiger charge is -2.37. The van der Waals surface area contributed by atoms with Crippen LogP contribution in [0.25, 0.3) is 0 Å². The maximum atomic E-state index is 12.6. The number of rotatable bonds is 8. The van der Waals surface area contributed by atoms with E-state index in [1.54, 1.807) is 31.3 Å². The lowest BCUT2D eigenvalue weighted by molar-refractivity contribution is 0.0575. The first-order valence-corrected chi connectivity index (χ1v) is 12.4. The van der Waals surface area contributed by atoms with Gasteiger partial charge in [-0.05, 0) is 74.5 Å². The van der Waals surface area contributed by atoms with Crippen molar-refractivity contribution in [1.82, 2.24) is 9.21 Å². The van der Waals surface area contributed by atoms with Crippen molar-refractivity contribution in [3.8, 4) is 5.75 Å². The molecule has 162 valence electrons. The maximum Gasteiger partial charge on any atom is 0.242 e. The Morgan fingerprint density at radius 3 is 2.47 bits per heavy atom. The molecule has 2 aromatic carbocycles. The number of ether oxygens (including phenoxy) is 1. The van der Waals surface area contributed by atoms with E-state index in [2.05, 4.69) is 11.0 Å². The summed E-state index contributed by atoms with van der Waals surface area (Å²) in [5.41, 5.74) is 1.14. The van der Waals surface area contributed by atoms with Crippen LogP contribution in [0, 0.1) is 5.92 Å². The minimum atomic E-state index is -3.44. The fourth-order valence-corrected chi connectivity index (χ4v) is 5.76. The molecule has 0 spiro atoms. The monoisotopic (exact) mass is 448 g/mol. The van der Waals surface area contributed by atoms with Crippen molar-refractivity contribution in [2.45, 2.75) is 43.2 Å².